The number of hydrogen-bond donors (Lipinski definition) is 1. The number of rotatable bonds is 6. The smallest absolute Gasteiger partial charge is 0.349 e. The summed E-state index contributed by atoms with van der Waals surface area (Å²) < 4.78 is 47.6. The van der Waals surface area contributed by atoms with E-state index in [0.29, 0.717) is 22.1 Å². The van der Waals surface area contributed by atoms with Crippen molar-refractivity contribution in [3.05, 3.63) is 34.5 Å². The van der Waals surface area contributed by atoms with Crippen LogP contribution in [0.4, 0.5) is 4.39 Å². The summed E-state index contributed by atoms with van der Waals surface area (Å²) in [5, 5.41) is 2.84. The maximum Gasteiger partial charge on any atom is 0.349 e. The van der Waals surface area contributed by atoms with E-state index in [2.05, 4.69) is 5.32 Å². The summed E-state index contributed by atoms with van der Waals surface area (Å²) in [5.74, 6) is -1.87. The summed E-state index contributed by atoms with van der Waals surface area (Å²) >= 11 is 1.06. The van der Waals surface area contributed by atoms with Crippen LogP contribution in [0.1, 0.15) is 21.7 Å². The van der Waals surface area contributed by atoms with E-state index in [1.807, 2.05) is 0 Å². The van der Waals surface area contributed by atoms with Crippen LogP contribution < -0.4 is 5.32 Å². The van der Waals surface area contributed by atoms with Gasteiger partial charge in [0.25, 0.3) is 5.91 Å². The quantitative estimate of drug-likeness (QED) is 0.721. The van der Waals surface area contributed by atoms with Crippen LogP contribution in [0, 0.1) is 5.82 Å². The molecule has 1 aliphatic rings. The number of sulfone groups is 1. The summed E-state index contributed by atoms with van der Waals surface area (Å²) in [6.07, 6.45) is 0.343. The lowest BCUT2D eigenvalue weighted by Gasteiger charge is -2.11. The second-order valence-electron chi connectivity index (χ2n) is 6.20. The van der Waals surface area contributed by atoms with Gasteiger partial charge in [0.1, 0.15) is 10.7 Å². The first kappa shape index (κ1) is 19.7. The number of nitrogens with one attached hydrogen (secondary N) is 1. The third-order valence-corrected chi connectivity index (χ3v) is 7.11. The van der Waals surface area contributed by atoms with Crippen molar-refractivity contribution in [2.75, 3.05) is 25.2 Å². The molecule has 0 spiro atoms. The van der Waals surface area contributed by atoms with E-state index in [4.69, 9.17) is 9.47 Å². The van der Waals surface area contributed by atoms with Gasteiger partial charge in [-0.2, -0.15) is 0 Å². The number of ether oxygens (including phenoxy) is 2. The number of benzene rings is 1. The van der Waals surface area contributed by atoms with Crippen molar-refractivity contribution in [2.24, 2.45) is 0 Å². The lowest BCUT2D eigenvalue weighted by Crippen LogP contribution is -2.38. The summed E-state index contributed by atoms with van der Waals surface area (Å²) in [7, 11) is -1.68. The normalized spacial score (nSPS) is 18.5. The number of thiophene rings is 1. The van der Waals surface area contributed by atoms with Crippen molar-refractivity contribution in [3.8, 4) is 0 Å². The molecule has 0 unspecified atom stereocenters. The topological polar surface area (TPSA) is 98.8 Å². The minimum atomic E-state index is -3.12. The number of amides is 1. The highest BCUT2D eigenvalue weighted by Crippen LogP contribution is 2.34. The van der Waals surface area contributed by atoms with E-state index in [1.54, 1.807) is 12.1 Å². The van der Waals surface area contributed by atoms with Crippen molar-refractivity contribution in [1.82, 2.24) is 5.32 Å². The van der Waals surface area contributed by atoms with Crippen LogP contribution in [0.3, 0.4) is 0 Å². The molecule has 10 heteroatoms. The molecule has 27 heavy (non-hydrogen) atoms. The van der Waals surface area contributed by atoms with Crippen molar-refractivity contribution in [3.63, 3.8) is 0 Å². The standard InChI is InChI=1S/C17H18FNO6S2/c1-24-7-11-15-12(18)3-2-4-13(15)26-16(11)17(21)25-8-14(20)19-10-5-6-27(22,23)9-10/h2-4,10H,5-9H2,1H3,(H,19,20)/t10-/m1/s1. The highest BCUT2D eigenvalue weighted by molar-refractivity contribution is 7.91. The van der Waals surface area contributed by atoms with Crippen LogP contribution in [0.15, 0.2) is 18.2 Å². The number of methoxy groups -OCH3 is 1. The monoisotopic (exact) mass is 415 g/mol. The van der Waals surface area contributed by atoms with Crippen LogP contribution in [-0.2, 0) is 30.7 Å². The van der Waals surface area contributed by atoms with E-state index >= 15 is 0 Å². The number of fused-ring (bicyclic) bond motifs is 1. The molecule has 1 fully saturated rings. The molecule has 3 rings (SSSR count). The highest BCUT2D eigenvalue weighted by atomic mass is 32.2. The number of halogens is 1. The molecule has 1 amide bonds. The zero-order valence-electron chi connectivity index (χ0n) is 14.5. The van der Waals surface area contributed by atoms with E-state index in [9.17, 15) is 22.4 Å². The summed E-state index contributed by atoms with van der Waals surface area (Å²) in [4.78, 5) is 24.5. The molecular weight excluding hydrogens is 397 g/mol. The Morgan fingerprint density at radius 1 is 1.37 bits per heavy atom. The van der Waals surface area contributed by atoms with E-state index < -0.39 is 40.2 Å². The van der Waals surface area contributed by atoms with Gasteiger partial charge in [0.15, 0.2) is 16.4 Å². The van der Waals surface area contributed by atoms with Crippen LogP contribution >= 0.6 is 11.3 Å². The predicted octanol–water partition coefficient (Wildman–Crippen LogP) is 1.65. The Labute approximate surface area is 159 Å². The van der Waals surface area contributed by atoms with Gasteiger partial charge in [0, 0.05) is 28.8 Å². The molecule has 1 atom stereocenters. The van der Waals surface area contributed by atoms with Crippen LogP contribution in [0.2, 0.25) is 0 Å². The minimum absolute atomic E-state index is 0.0253. The molecule has 2 heterocycles. The van der Waals surface area contributed by atoms with Crippen LogP contribution in [0.5, 0.6) is 0 Å². The Hall–Kier alpha value is -2.04. The Kier molecular flexibility index (Phi) is 5.78. The first-order chi connectivity index (χ1) is 12.8. The molecule has 7 nitrogen and oxygen atoms in total. The van der Waals surface area contributed by atoms with Crippen molar-refractivity contribution < 1.29 is 31.9 Å². The molecule has 1 aromatic heterocycles. The average Bonchev–Trinajstić information content (AvgIpc) is 3.14. The minimum Gasteiger partial charge on any atom is -0.451 e. The Morgan fingerprint density at radius 3 is 2.81 bits per heavy atom. The van der Waals surface area contributed by atoms with Gasteiger partial charge in [-0.25, -0.2) is 17.6 Å². The number of carbonyl (C=O) groups is 2. The molecule has 1 saturated heterocycles. The van der Waals surface area contributed by atoms with E-state index in [-0.39, 0.29) is 23.0 Å². The molecule has 1 N–H and O–H groups in total. The Balaban J connectivity index is 1.68. The van der Waals surface area contributed by atoms with Crippen LogP contribution in [-0.4, -0.2) is 51.6 Å². The number of carbonyl (C=O) groups excluding carboxylic acids is 2. The molecule has 0 aliphatic carbocycles. The molecule has 0 bridgehead atoms. The molecular formula is C17H18FNO6S2. The number of esters is 1. The van der Waals surface area contributed by atoms with Gasteiger partial charge in [0.05, 0.1) is 18.1 Å². The maximum absolute atomic E-state index is 14.1. The molecule has 1 aliphatic heterocycles. The molecule has 146 valence electrons. The van der Waals surface area contributed by atoms with Gasteiger partial charge < -0.3 is 14.8 Å². The highest BCUT2D eigenvalue weighted by Gasteiger charge is 2.29. The van der Waals surface area contributed by atoms with Gasteiger partial charge in [0.2, 0.25) is 0 Å². The third kappa shape index (κ3) is 4.45. The number of hydrogen-bond acceptors (Lipinski definition) is 7. The summed E-state index contributed by atoms with van der Waals surface area (Å²) in [5.41, 5.74) is 0.378. The Morgan fingerprint density at radius 2 is 2.15 bits per heavy atom. The maximum atomic E-state index is 14.1. The SMILES string of the molecule is COCc1c(C(=O)OCC(=O)N[C@@H]2CCS(=O)(=O)C2)sc2cccc(F)c12. The zero-order chi connectivity index (χ0) is 19.6. The van der Waals surface area contributed by atoms with Crippen molar-refractivity contribution in [1.29, 1.82) is 0 Å². The van der Waals surface area contributed by atoms with Crippen molar-refractivity contribution >= 4 is 43.1 Å². The van der Waals surface area contributed by atoms with E-state index in [1.165, 1.54) is 13.2 Å². The average molecular weight is 415 g/mol. The van der Waals surface area contributed by atoms with Gasteiger partial charge in [-0.3, -0.25) is 4.79 Å². The van der Waals surface area contributed by atoms with Crippen LogP contribution in [0.25, 0.3) is 10.1 Å². The molecule has 0 saturated carbocycles. The summed E-state index contributed by atoms with van der Waals surface area (Å²) in [6.45, 7) is -0.518. The lowest BCUT2D eigenvalue weighted by molar-refractivity contribution is -0.124. The van der Waals surface area contributed by atoms with Gasteiger partial charge in [-0.15, -0.1) is 11.3 Å². The van der Waals surface area contributed by atoms with E-state index in [0.717, 1.165) is 11.3 Å². The molecule has 1 aromatic carbocycles. The second-order valence-corrected chi connectivity index (χ2v) is 9.48. The summed E-state index contributed by atoms with van der Waals surface area (Å²) in [6, 6.07) is 4.06. The van der Waals surface area contributed by atoms with Gasteiger partial charge in [-0.1, -0.05) is 6.07 Å². The predicted molar refractivity (Wildman–Crippen MR) is 98.0 cm³/mol. The fourth-order valence-electron chi connectivity index (χ4n) is 2.99. The van der Waals surface area contributed by atoms with Gasteiger partial charge >= 0.3 is 5.97 Å². The largest absolute Gasteiger partial charge is 0.451 e. The molecule has 2 aromatic rings. The van der Waals surface area contributed by atoms with Crippen molar-refractivity contribution in [2.45, 2.75) is 19.1 Å². The first-order valence-corrected chi connectivity index (χ1v) is 10.8. The third-order valence-electron chi connectivity index (χ3n) is 4.17. The zero-order valence-corrected chi connectivity index (χ0v) is 16.1. The van der Waals surface area contributed by atoms with Gasteiger partial charge in [-0.05, 0) is 18.6 Å². The fourth-order valence-corrected chi connectivity index (χ4v) is 5.78. The first-order valence-electron chi connectivity index (χ1n) is 8.16. The second kappa shape index (κ2) is 7.91. The fraction of sp³-hybridized carbons (Fsp3) is 0.412. The lowest BCUT2D eigenvalue weighted by atomic mass is 10.1. The molecule has 0 radical (unpaired) electrons. The Bertz CT molecular complexity index is 985.